The number of ketones is 1. The summed E-state index contributed by atoms with van der Waals surface area (Å²) < 4.78 is 1.58. The summed E-state index contributed by atoms with van der Waals surface area (Å²) in [4.78, 5) is 15.9. The highest BCUT2D eigenvalue weighted by Gasteiger charge is 2.09. The van der Waals surface area contributed by atoms with Crippen LogP contribution >= 0.6 is 0 Å². The van der Waals surface area contributed by atoms with Gasteiger partial charge in [0.25, 0.3) is 0 Å². The lowest BCUT2D eigenvalue weighted by Gasteiger charge is -2.05. The number of hydrogen-bond acceptors (Lipinski definition) is 4. The molecule has 2 aromatic rings. The van der Waals surface area contributed by atoms with Crippen molar-refractivity contribution in [2.75, 3.05) is 0 Å². The third-order valence-corrected chi connectivity index (χ3v) is 2.57. The summed E-state index contributed by atoms with van der Waals surface area (Å²) in [6, 6.07) is 8.53. The number of rotatable bonds is 4. The topological polar surface area (TPSA) is 78.9 Å². The van der Waals surface area contributed by atoms with Crippen molar-refractivity contribution < 1.29 is 9.90 Å². The Kier molecular flexibility index (Phi) is 3.51. The second-order valence-corrected chi connectivity index (χ2v) is 3.75. The lowest BCUT2D eigenvalue weighted by atomic mass is 10.1. The average molecular weight is 241 g/mol. The molecule has 1 aromatic heterocycles. The first-order chi connectivity index (χ1) is 8.74. The smallest absolute Gasteiger partial charge is 0.182 e. The molecule has 0 aliphatic heterocycles. The summed E-state index contributed by atoms with van der Waals surface area (Å²) >= 11 is 0. The summed E-state index contributed by atoms with van der Waals surface area (Å²) in [6.07, 6.45) is 3.17. The molecule has 5 nitrogen and oxygen atoms in total. The molecule has 2 rings (SSSR count). The van der Waals surface area contributed by atoms with Crippen LogP contribution in [0.4, 0.5) is 0 Å². The van der Waals surface area contributed by atoms with Gasteiger partial charge in [-0.25, -0.2) is 4.98 Å². The van der Waals surface area contributed by atoms with Gasteiger partial charge in [-0.3, -0.25) is 4.79 Å². The molecule has 0 unspecified atom stereocenters. The van der Waals surface area contributed by atoms with Crippen LogP contribution in [0, 0.1) is 11.3 Å². The second kappa shape index (κ2) is 5.25. The van der Waals surface area contributed by atoms with E-state index in [-0.39, 0.29) is 18.9 Å². The maximum absolute atomic E-state index is 12.0. The van der Waals surface area contributed by atoms with E-state index in [0.717, 1.165) is 0 Å². The predicted octanol–water partition coefficient (Wildman–Crippen LogP) is 1.13. The van der Waals surface area contributed by atoms with Gasteiger partial charge in [0, 0.05) is 18.0 Å². The summed E-state index contributed by atoms with van der Waals surface area (Å²) in [7, 11) is 0. The number of carbonyl (C=O) groups excluding carboxylic acids is 1. The molecule has 1 heterocycles. The summed E-state index contributed by atoms with van der Waals surface area (Å²) in [5, 5.41) is 17.8. The molecule has 0 atom stereocenters. The second-order valence-electron chi connectivity index (χ2n) is 3.75. The molecule has 1 aromatic carbocycles. The fourth-order valence-electron chi connectivity index (χ4n) is 1.64. The Morgan fingerprint density at radius 3 is 3.06 bits per heavy atom. The molecule has 0 saturated heterocycles. The minimum Gasteiger partial charge on any atom is -0.388 e. The number of Topliss-reactive ketones (excluding diaryl/α,β-unsaturated/α-hetero) is 1. The third kappa shape index (κ3) is 2.44. The summed E-state index contributed by atoms with van der Waals surface area (Å²) in [6.45, 7) is -0.108. The van der Waals surface area contributed by atoms with Crippen LogP contribution in [-0.4, -0.2) is 20.4 Å². The number of carbonyl (C=O) groups is 1. The van der Waals surface area contributed by atoms with Crippen LogP contribution < -0.4 is 0 Å². The highest BCUT2D eigenvalue weighted by atomic mass is 16.3. The van der Waals surface area contributed by atoms with Gasteiger partial charge in [-0.05, 0) is 12.1 Å². The van der Waals surface area contributed by atoms with E-state index in [1.807, 2.05) is 6.07 Å². The molecule has 0 bridgehead atoms. The Morgan fingerprint density at radius 1 is 1.50 bits per heavy atom. The zero-order valence-corrected chi connectivity index (χ0v) is 9.58. The molecular weight excluding hydrogens is 230 g/mol. The van der Waals surface area contributed by atoms with Crippen molar-refractivity contribution in [2.45, 2.75) is 13.2 Å². The molecule has 0 aliphatic carbocycles. The van der Waals surface area contributed by atoms with Crippen molar-refractivity contribution in [3.63, 3.8) is 0 Å². The lowest BCUT2D eigenvalue weighted by molar-refractivity contribution is 0.0969. The van der Waals surface area contributed by atoms with E-state index in [2.05, 4.69) is 4.98 Å². The van der Waals surface area contributed by atoms with E-state index in [9.17, 15) is 4.79 Å². The maximum Gasteiger partial charge on any atom is 0.182 e. The Bertz CT molecular complexity index is 611. The zero-order chi connectivity index (χ0) is 13.0. The fraction of sp³-hybridized carbons (Fsp3) is 0.154. The van der Waals surface area contributed by atoms with Crippen molar-refractivity contribution >= 4 is 5.78 Å². The quantitative estimate of drug-likeness (QED) is 0.814. The number of imidazole rings is 1. The van der Waals surface area contributed by atoms with E-state index in [0.29, 0.717) is 17.0 Å². The maximum atomic E-state index is 12.0. The molecule has 5 heteroatoms. The van der Waals surface area contributed by atoms with Gasteiger partial charge in [-0.15, -0.1) is 0 Å². The molecule has 0 aliphatic rings. The van der Waals surface area contributed by atoms with Gasteiger partial charge in [0.1, 0.15) is 12.4 Å². The van der Waals surface area contributed by atoms with Crippen LogP contribution in [0.1, 0.15) is 21.7 Å². The summed E-state index contributed by atoms with van der Waals surface area (Å²) in [5.41, 5.74) is 0.931. The monoisotopic (exact) mass is 241 g/mol. The molecule has 0 saturated carbocycles. The van der Waals surface area contributed by atoms with E-state index in [1.165, 1.54) is 6.20 Å². The van der Waals surface area contributed by atoms with Crippen LogP contribution in [0.15, 0.2) is 36.7 Å². The number of hydrogen-bond donors (Lipinski definition) is 1. The van der Waals surface area contributed by atoms with Crippen LogP contribution in [-0.2, 0) is 13.2 Å². The Labute approximate surface area is 104 Å². The van der Waals surface area contributed by atoms with Crippen LogP contribution in [0.25, 0.3) is 0 Å². The van der Waals surface area contributed by atoms with Gasteiger partial charge in [-0.1, -0.05) is 12.1 Å². The van der Waals surface area contributed by atoms with Gasteiger partial charge >= 0.3 is 0 Å². The highest BCUT2D eigenvalue weighted by molar-refractivity contribution is 5.96. The van der Waals surface area contributed by atoms with E-state index < -0.39 is 0 Å². The Morgan fingerprint density at radius 2 is 2.33 bits per heavy atom. The van der Waals surface area contributed by atoms with Gasteiger partial charge in [0.15, 0.2) is 5.78 Å². The molecule has 1 N–H and O–H groups in total. The number of aliphatic hydroxyl groups is 1. The molecular formula is C13H11N3O2. The SMILES string of the molecule is N#Cc1cccc(C(=O)Cn2ccnc2CO)c1. The largest absolute Gasteiger partial charge is 0.388 e. The minimum absolute atomic E-state index is 0.102. The summed E-state index contributed by atoms with van der Waals surface area (Å²) in [5.74, 6) is 0.319. The van der Waals surface area contributed by atoms with Crippen molar-refractivity contribution in [3.05, 3.63) is 53.6 Å². The molecule has 90 valence electrons. The zero-order valence-electron chi connectivity index (χ0n) is 9.58. The first-order valence-corrected chi connectivity index (χ1v) is 5.39. The molecule has 0 radical (unpaired) electrons. The predicted molar refractivity (Wildman–Crippen MR) is 63.6 cm³/mol. The van der Waals surface area contributed by atoms with E-state index in [1.54, 1.807) is 35.0 Å². The fourth-order valence-corrected chi connectivity index (χ4v) is 1.64. The van der Waals surface area contributed by atoms with Crippen molar-refractivity contribution in [1.82, 2.24) is 9.55 Å². The van der Waals surface area contributed by atoms with Crippen molar-refractivity contribution in [1.29, 1.82) is 5.26 Å². The molecule has 0 fully saturated rings. The van der Waals surface area contributed by atoms with E-state index >= 15 is 0 Å². The molecule has 0 amide bonds. The Hall–Kier alpha value is -2.45. The van der Waals surface area contributed by atoms with Gasteiger partial charge in [0.2, 0.25) is 0 Å². The molecule has 0 spiro atoms. The molecule has 18 heavy (non-hydrogen) atoms. The van der Waals surface area contributed by atoms with Gasteiger partial charge < -0.3 is 9.67 Å². The van der Waals surface area contributed by atoms with Gasteiger partial charge in [-0.2, -0.15) is 5.26 Å². The number of nitriles is 1. The van der Waals surface area contributed by atoms with E-state index in [4.69, 9.17) is 10.4 Å². The van der Waals surface area contributed by atoms with Gasteiger partial charge in [0.05, 0.1) is 18.2 Å². The normalized spacial score (nSPS) is 10.0. The third-order valence-electron chi connectivity index (χ3n) is 2.57. The minimum atomic E-state index is -0.210. The van der Waals surface area contributed by atoms with Crippen molar-refractivity contribution in [2.24, 2.45) is 0 Å². The first-order valence-electron chi connectivity index (χ1n) is 5.39. The average Bonchev–Trinajstić information content (AvgIpc) is 2.86. The Balaban J connectivity index is 2.20. The first kappa shape index (κ1) is 12.0. The lowest BCUT2D eigenvalue weighted by Crippen LogP contribution is -2.12. The number of nitrogens with zero attached hydrogens (tertiary/aromatic N) is 3. The van der Waals surface area contributed by atoms with Crippen molar-refractivity contribution in [3.8, 4) is 6.07 Å². The number of aromatic nitrogens is 2. The highest BCUT2D eigenvalue weighted by Crippen LogP contribution is 2.07. The van der Waals surface area contributed by atoms with Crippen LogP contribution in [0.2, 0.25) is 0 Å². The number of aliphatic hydroxyl groups excluding tert-OH is 1. The van der Waals surface area contributed by atoms with Crippen LogP contribution in [0.5, 0.6) is 0 Å². The van der Waals surface area contributed by atoms with Crippen LogP contribution in [0.3, 0.4) is 0 Å². The number of benzene rings is 1. The standard InChI is InChI=1S/C13H11N3O2/c14-7-10-2-1-3-11(6-10)12(18)8-16-5-4-15-13(16)9-17/h1-6,17H,8-9H2.